The fourth-order valence-corrected chi connectivity index (χ4v) is 1.64. The van der Waals surface area contributed by atoms with E-state index in [1.54, 1.807) is 0 Å². The van der Waals surface area contributed by atoms with Crippen molar-refractivity contribution in [3.63, 3.8) is 0 Å². The Labute approximate surface area is 56.8 Å². The normalized spacial score (nSPS) is 33.0. The molecule has 0 unspecified atom stereocenters. The number of nitrogens with two attached hydrogens (primary N) is 1. The number of hydrogen-bond acceptors (Lipinski definition) is 2. The first kappa shape index (κ1) is 7.03. The molecule has 1 aliphatic carbocycles. The van der Waals surface area contributed by atoms with Gasteiger partial charge in [0.25, 0.3) is 0 Å². The SMILES string of the molecule is CC1(C)CCC[C@@H]1NN. The van der Waals surface area contributed by atoms with Crippen molar-refractivity contribution in [1.29, 1.82) is 0 Å². The quantitative estimate of drug-likeness (QED) is 0.409. The molecular formula is C7H16N2. The molecule has 0 aliphatic heterocycles. The van der Waals surface area contributed by atoms with E-state index in [1.165, 1.54) is 19.3 Å². The van der Waals surface area contributed by atoms with E-state index in [4.69, 9.17) is 5.84 Å². The Balaban J connectivity index is 2.52. The van der Waals surface area contributed by atoms with Gasteiger partial charge in [-0.15, -0.1) is 0 Å². The zero-order valence-electron chi connectivity index (χ0n) is 6.28. The third-order valence-electron chi connectivity index (χ3n) is 2.46. The maximum absolute atomic E-state index is 5.36. The average Bonchev–Trinajstić information content (AvgIpc) is 2.08. The highest BCUT2D eigenvalue weighted by molar-refractivity contribution is 4.88. The van der Waals surface area contributed by atoms with E-state index in [-0.39, 0.29) is 0 Å². The van der Waals surface area contributed by atoms with Crippen LogP contribution in [0.3, 0.4) is 0 Å². The van der Waals surface area contributed by atoms with E-state index < -0.39 is 0 Å². The number of rotatable bonds is 1. The Morgan fingerprint density at radius 2 is 2.22 bits per heavy atom. The van der Waals surface area contributed by atoms with Crippen molar-refractivity contribution in [2.75, 3.05) is 0 Å². The van der Waals surface area contributed by atoms with E-state index in [0.717, 1.165) is 0 Å². The van der Waals surface area contributed by atoms with Crippen LogP contribution >= 0.6 is 0 Å². The van der Waals surface area contributed by atoms with E-state index in [9.17, 15) is 0 Å². The van der Waals surface area contributed by atoms with Gasteiger partial charge in [0.05, 0.1) is 0 Å². The Morgan fingerprint density at radius 3 is 2.44 bits per heavy atom. The molecule has 0 bridgehead atoms. The Hall–Kier alpha value is -0.0800. The Morgan fingerprint density at radius 1 is 1.56 bits per heavy atom. The molecule has 2 nitrogen and oxygen atoms in total. The molecule has 1 aliphatic rings. The van der Waals surface area contributed by atoms with Gasteiger partial charge < -0.3 is 0 Å². The lowest BCUT2D eigenvalue weighted by molar-refractivity contribution is 0.287. The van der Waals surface area contributed by atoms with Crippen LogP contribution in [0.5, 0.6) is 0 Å². The van der Waals surface area contributed by atoms with Gasteiger partial charge in [0.2, 0.25) is 0 Å². The van der Waals surface area contributed by atoms with Gasteiger partial charge in [-0.1, -0.05) is 20.3 Å². The minimum atomic E-state index is 0.425. The second-order valence-electron chi connectivity index (χ2n) is 3.60. The van der Waals surface area contributed by atoms with Crippen molar-refractivity contribution in [3.05, 3.63) is 0 Å². The summed E-state index contributed by atoms with van der Waals surface area (Å²) in [5.74, 6) is 5.36. The van der Waals surface area contributed by atoms with Crippen LogP contribution in [0.2, 0.25) is 0 Å². The van der Waals surface area contributed by atoms with Crippen molar-refractivity contribution in [3.8, 4) is 0 Å². The first-order valence-electron chi connectivity index (χ1n) is 3.63. The molecule has 0 saturated heterocycles. The minimum Gasteiger partial charge on any atom is -0.271 e. The van der Waals surface area contributed by atoms with Crippen molar-refractivity contribution in [2.24, 2.45) is 11.3 Å². The number of hydrazine groups is 1. The Kier molecular flexibility index (Phi) is 1.78. The van der Waals surface area contributed by atoms with Gasteiger partial charge in [-0.3, -0.25) is 11.3 Å². The predicted octanol–water partition coefficient (Wildman–Crippen LogP) is 1.03. The van der Waals surface area contributed by atoms with Crippen molar-refractivity contribution in [2.45, 2.75) is 39.2 Å². The van der Waals surface area contributed by atoms with Gasteiger partial charge in [0.1, 0.15) is 0 Å². The van der Waals surface area contributed by atoms with Crippen LogP contribution < -0.4 is 11.3 Å². The topological polar surface area (TPSA) is 38.0 Å². The van der Waals surface area contributed by atoms with Crippen LogP contribution in [0.15, 0.2) is 0 Å². The fraction of sp³-hybridized carbons (Fsp3) is 1.00. The highest BCUT2D eigenvalue weighted by Crippen LogP contribution is 2.36. The summed E-state index contributed by atoms with van der Waals surface area (Å²) in [5, 5.41) is 0. The monoisotopic (exact) mass is 128 g/mol. The van der Waals surface area contributed by atoms with Crippen LogP contribution in [0.25, 0.3) is 0 Å². The van der Waals surface area contributed by atoms with Crippen LogP contribution in [-0.4, -0.2) is 6.04 Å². The first-order chi connectivity index (χ1) is 4.17. The molecule has 3 N–H and O–H groups in total. The third-order valence-corrected chi connectivity index (χ3v) is 2.46. The van der Waals surface area contributed by atoms with Crippen LogP contribution in [0.4, 0.5) is 0 Å². The minimum absolute atomic E-state index is 0.425. The van der Waals surface area contributed by atoms with Crippen molar-refractivity contribution in [1.82, 2.24) is 5.43 Å². The summed E-state index contributed by atoms with van der Waals surface area (Å²) in [6.07, 6.45) is 3.87. The second kappa shape index (κ2) is 2.27. The van der Waals surface area contributed by atoms with Gasteiger partial charge in [0.15, 0.2) is 0 Å². The molecule has 1 saturated carbocycles. The zero-order chi connectivity index (χ0) is 6.91. The zero-order valence-corrected chi connectivity index (χ0v) is 6.28. The standard InChI is InChI=1S/C7H16N2/c1-7(2)5-3-4-6(7)9-8/h6,9H,3-5,8H2,1-2H3/t6-/m0/s1. The lowest BCUT2D eigenvalue weighted by Crippen LogP contribution is -2.41. The fourth-order valence-electron chi connectivity index (χ4n) is 1.64. The van der Waals surface area contributed by atoms with Crippen LogP contribution in [-0.2, 0) is 0 Å². The van der Waals surface area contributed by atoms with Crippen molar-refractivity contribution < 1.29 is 0 Å². The van der Waals surface area contributed by atoms with Gasteiger partial charge >= 0.3 is 0 Å². The van der Waals surface area contributed by atoms with E-state index in [0.29, 0.717) is 11.5 Å². The summed E-state index contributed by atoms with van der Waals surface area (Å²) < 4.78 is 0. The molecule has 2 heteroatoms. The van der Waals surface area contributed by atoms with Gasteiger partial charge in [0, 0.05) is 6.04 Å². The molecule has 0 heterocycles. The summed E-state index contributed by atoms with van der Waals surface area (Å²) in [7, 11) is 0. The largest absolute Gasteiger partial charge is 0.271 e. The molecule has 0 aromatic rings. The summed E-state index contributed by atoms with van der Waals surface area (Å²) in [5.41, 5.74) is 3.28. The summed E-state index contributed by atoms with van der Waals surface area (Å²) in [6.45, 7) is 4.54. The summed E-state index contributed by atoms with van der Waals surface area (Å²) in [4.78, 5) is 0. The summed E-state index contributed by atoms with van der Waals surface area (Å²) in [6, 6.07) is 0.539. The highest BCUT2D eigenvalue weighted by atomic mass is 15.2. The van der Waals surface area contributed by atoms with Gasteiger partial charge in [-0.25, -0.2) is 0 Å². The van der Waals surface area contributed by atoms with Crippen molar-refractivity contribution >= 4 is 0 Å². The maximum Gasteiger partial charge on any atom is 0.0261 e. The number of nitrogens with one attached hydrogen (secondary N) is 1. The van der Waals surface area contributed by atoms with E-state index in [1.807, 2.05) is 0 Å². The first-order valence-corrected chi connectivity index (χ1v) is 3.63. The molecule has 0 aromatic heterocycles. The van der Waals surface area contributed by atoms with Crippen LogP contribution in [0.1, 0.15) is 33.1 Å². The molecule has 1 atom stereocenters. The maximum atomic E-state index is 5.36. The lowest BCUT2D eigenvalue weighted by atomic mass is 9.88. The molecule has 1 fully saturated rings. The second-order valence-corrected chi connectivity index (χ2v) is 3.60. The lowest BCUT2D eigenvalue weighted by Gasteiger charge is -2.25. The third kappa shape index (κ3) is 1.25. The molecular weight excluding hydrogens is 112 g/mol. The smallest absolute Gasteiger partial charge is 0.0261 e. The summed E-state index contributed by atoms with van der Waals surface area (Å²) >= 11 is 0. The average molecular weight is 128 g/mol. The molecule has 0 spiro atoms. The molecule has 0 amide bonds. The predicted molar refractivity (Wildman–Crippen MR) is 38.7 cm³/mol. The Bertz CT molecular complexity index is 99.1. The van der Waals surface area contributed by atoms with Crippen LogP contribution in [0, 0.1) is 5.41 Å². The van der Waals surface area contributed by atoms with E-state index in [2.05, 4.69) is 19.3 Å². The van der Waals surface area contributed by atoms with Gasteiger partial charge in [-0.2, -0.15) is 0 Å². The molecule has 0 aromatic carbocycles. The molecule has 0 radical (unpaired) electrons. The molecule has 54 valence electrons. The highest BCUT2D eigenvalue weighted by Gasteiger charge is 2.33. The van der Waals surface area contributed by atoms with E-state index >= 15 is 0 Å². The van der Waals surface area contributed by atoms with Gasteiger partial charge in [-0.05, 0) is 18.3 Å². The number of hydrogen-bond donors (Lipinski definition) is 2. The molecule has 9 heavy (non-hydrogen) atoms. The molecule has 1 rings (SSSR count).